The number of hydrogen-bond donors (Lipinski definition) is 2. The Kier molecular flexibility index (Phi) is 7.82. The van der Waals surface area contributed by atoms with Crippen molar-refractivity contribution in [1.82, 2.24) is 4.98 Å². The van der Waals surface area contributed by atoms with E-state index in [1.54, 1.807) is 0 Å². The van der Waals surface area contributed by atoms with Crippen LogP contribution in [0, 0.1) is 0 Å². The molecule has 4 aromatic rings. The van der Waals surface area contributed by atoms with E-state index < -0.39 is 0 Å². The molecule has 0 saturated carbocycles. The van der Waals surface area contributed by atoms with Crippen LogP contribution >= 0.6 is 0 Å². The molecule has 0 amide bonds. The molecule has 2 aliphatic carbocycles. The average molecular weight is 539 g/mol. The van der Waals surface area contributed by atoms with E-state index in [1.165, 1.54) is 55.9 Å². The first kappa shape index (κ1) is 26.8. The summed E-state index contributed by atoms with van der Waals surface area (Å²) >= 11 is 0. The van der Waals surface area contributed by atoms with Crippen molar-refractivity contribution in [3.8, 4) is 11.1 Å². The molecule has 6 rings (SSSR count). The Hall–Kier alpha value is -4.44. The number of nitrogens with zero attached hydrogens (tertiary/aromatic N) is 2. The van der Waals surface area contributed by atoms with Crippen LogP contribution in [0.1, 0.15) is 67.3 Å². The van der Waals surface area contributed by atoms with Crippen LogP contribution in [0.3, 0.4) is 0 Å². The minimum absolute atomic E-state index is 0.920. The van der Waals surface area contributed by atoms with E-state index in [9.17, 15) is 0 Å². The van der Waals surface area contributed by atoms with Crippen molar-refractivity contribution >= 4 is 46.6 Å². The fourth-order valence-electron chi connectivity index (χ4n) is 6.14. The lowest BCUT2D eigenvalue weighted by Crippen LogP contribution is -2.01. The summed E-state index contributed by atoms with van der Waals surface area (Å²) in [5.74, 6) is 0. The molecule has 0 aliphatic heterocycles. The number of aromatic nitrogens is 1. The summed E-state index contributed by atoms with van der Waals surface area (Å²) in [7, 11) is 0. The summed E-state index contributed by atoms with van der Waals surface area (Å²) in [5, 5.41) is 6.83. The molecule has 0 atom stereocenters. The second-order valence-corrected chi connectivity index (χ2v) is 10.7. The van der Waals surface area contributed by atoms with Gasteiger partial charge in [-0.1, -0.05) is 36.4 Å². The molecule has 4 heteroatoms. The van der Waals surface area contributed by atoms with Crippen LogP contribution in [0.25, 0.3) is 34.4 Å². The molecule has 0 spiro atoms. The lowest BCUT2D eigenvalue weighted by Gasteiger charge is -2.16. The first-order valence-electron chi connectivity index (χ1n) is 14.9. The first-order chi connectivity index (χ1) is 20.2. The van der Waals surface area contributed by atoms with Crippen LogP contribution in [0.5, 0.6) is 0 Å². The fraction of sp³-hybridized carbons (Fsp3) is 0.243. The number of anilines is 2. The zero-order valence-corrected chi connectivity index (χ0v) is 24.3. The summed E-state index contributed by atoms with van der Waals surface area (Å²) in [4.78, 5) is 9.83. The maximum Gasteiger partial charge on any atom is 0.0707 e. The Balaban J connectivity index is 1.45. The second kappa shape index (κ2) is 12.0. The van der Waals surface area contributed by atoms with Crippen LogP contribution in [0.15, 0.2) is 77.8 Å². The van der Waals surface area contributed by atoms with E-state index in [2.05, 4.69) is 114 Å². The van der Waals surface area contributed by atoms with E-state index in [4.69, 9.17) is 4.98 Å². The van der Waals surface area contributed by atoms with Gasteiger partial charge in [-0.3, -0.25) is 4.99 Å². The molecule has 2 N–H and O–H groups in total. The van der Waals surface area contributed by atoms with Crippen molar-refractivity contribution in [3.05, 3.63) is 106 Å². The Morgan fingerprint density at radius 2 is 1.15 bits per heavy atom. The predicted molar refractivity (Wildman–Crippen MR) is 177 cm³/mol. The van der Waals surface area contributed by atoms with E-state index >= 15 is 0 Å². The highest BCUT2D eigenvalue weighted by Crippen LogP contribution is 2.46. The number of nitrogens with one attached hydrogen (secondary N) is 2. The van der Waals surface area contributed by atoms with Gasteiger partial charge in [0.25, 0.3) is 0 Å². The normalized spacial score (nSPS) is 16.0. The smallest absolute Gasteiger partial charge is 0.0707 e. The first-order valence-corrected chi connectivity index (χ1v) is 14.9. The molecule has 41 heavy (non-hydrogen) atoms. The van der Waals surface area contributed by atoms with Crippen molar-refractivity contribution in [3.63, 3.8) is 0 Å². The van der Waals surface area contributed by atoms with Crippen LogP contribution in [0.2, 0.25) is 0 Å². The highest BCUT2D eigenvalue weighted by atomic mass is 14.9. The number of benzene rings is 3. The minimum Gasteiger partial charge on any atom is -0.385 e. The largest absolute Gasteiger partial charge is 0.385 e. The van der Waals surface area contributed by atoms with Gasteiger partial charge in [-0.15, -0.1) is 0 Å². The summed E-state index contributed by atoms with van der Waals surface area (Å²) in [5.41, 5.74) is 16.2. The van der Waals surface area contributed by atoms with Crippen molar-refractivity contribution in [2.45, 2.75) is 46.5 Å². The quantitative estimate of drug-likeness (QED) is 0.220. The van der Waals surface area contributed by atoms with Gasteiger partial charge in [0.15, 0.2) is 0 Å². The average Bonchev–Trinajstić information content (AvgIpc) is 3.58. The molecule has 0 radical (unpaired) electrons. The number of allylic oxidation sites excluding steroid dienone is 2. The molecule has 1 aromatic heterocycles. The molecular formula is C37H38N4. The topological polar surface area (TPSA) is 49.3 Å². The zero-order valence-electron chi connectivity index (χ0n) is 24.3. The number of aliphatic imine (C=N–C) groups is 1. The molecular weight excluding hydrogens is 500 g/mol. The van der Waals surface area contributed by atoms with Crippen molar-refractivity contribution < 1.29 is 0 Å². The van der Waals surface area contributed by atoms with Gasteiger partial charge in [-0.2, -0.15) is 0 Å². The highest BCUT2D eigenvalue weighted by molar-refractivity contribution is 5.93. The fourth-order valence-corrected chi connectivity index (χ4v) is 6.14. The third-order valence-corrected chi connectivity index (χ3v) is 7.99. The molecule has 3 aromatic carbocycles. The molecule has 1 heterocycles. The van der Waals surface area contributed by atoms with Crippen LogP contribution in [-0.4, -0.2) is 24.3 Å². The number of pyridine rings is 1. The van der Waals surface area contributed by atoms with Gasteiger partial charge in [0.2, 0.25) is 0 Å². The van der Waals surface area contributed by atoms with Crippen molar-refractivity contribution in [1.29, 1.82) is 0 Å². The maximum atomic E-state index is 5.43. The van der Waals surface area contributed by atoms with E-state index in [0.29, 0.717) is 0 Å². The summed E-state index contributed by atoms with van der Waals surface area (Å²) in [6.45, 7) is 8.05. The Bertz CT molecular complexity index is 1620. The van der Waals surface area contributed by atoms with Gasteiger partial charge in [0.05, 0.1) is 17.1 Å². The van der Waals surface area contributed by atoms with Gasteiger partial charge in [0, 0.05) is 30.7 Å². The lowest BCUT2D eigenvalue weighted by molar-refractivity contribution is 1.05. The van der Waals surface area contributed by atoms with Crippen molar-refractivity contribution in [2.75, 3.05) is 23.7 Å². The second-order valence-electron chi connectivity index (χ2n) is 10.7. The van der Waals surface area contributed by atoms with Crippen LogP contribution < -0.4 is 10.6 Å². The molecule has 0 saturated heterocycles. The molecule has 4 nitrogen and oxygen atoms in total. The summed E-state index contributed by atoms with van der Waals surface area (Å²) < 4.78 is 0. The Morgan fingerprint density at radius 3 is 1.63 bits per heavy atom. The van der Waals surface area contributed by atoms with E-state index in [0.717, 1.165) is 55.8 Å². The monoisotopic (exact) mass is 538 g/mol. The van der Waals surface area contributed by atoms with Gasteiger partial charge in [-0.25, -0.2) is 4.98 Å². The van der Waals surface area contributed by atoms with Gasteiger partial charge < -0.3 is 10.6 Å². The number of hydrogen-bond acceptors (Lipinski definition) is 4. The zero-order chi connectivity index (χ0) is 28.2. The van der Waals surface area contributed by atoms with E-state index in [-0.39, 0.29) is 0 Å². The van der Waals surface area contributed by atoms with Gasteiger partial charge in [-0.05, 0) is 140 Å². The minimum atomic E-state index is 0.920. The van der Waals surface area contributed by atoms with E-state index in [1.807, 2.05) is 13.1 Å². The predicted octanol–water partition coefficient (Wildman–Crippen LogP) is 9.31. The Morgan fingerprint density at radius 1 is 0.659 bits per heavy atom. The third kappa shape index (κ3) is 5.60. The SMILES string of the molecule is C/C=N\c1ccc(/C=C2\CCc3c2nc2c(c3-c3ccc(NCC)cc3)CC/C2=C\c2ccc(NCC)cc2)cc1. The van der Waals surface area contributed by atoms with Crippen molar-refractivity contribution in [2.24, 2.45) is 4.99 Å². The lowest BCUT2D eigenvalue weighted by atomic mass is 9.92. The number of rotatable bonds is 8. The van der Waals surface area contributed by atoms with Gasteiger partial charge in [0.1, 0.15) is 0 Å². The number of fused-ring (bicyclic) bond motifs is 2. The Labute approximate surface area is 244 Å². The summed E-state index contributed by atoms with van der Waals surface area (Å²) in [6, 6.07) is 26.2. The molecule has 0 fully saturated rings. The molecule has 2 aliphatic rings. The summed E-state index contributed by atoms with van der Waals surface area (Å²) in [6.07, 6.45) is 10.6. The third-order valence-electron chi connectivity index (χ3n) is 7.99. The van der Waals surface area contributed by atoms with Crippen LogP contribution in [-0.2, 0) is 12.8 Å². The molecule has 206 valence electrons. The maximum absolute atomic E-state index is 5.43. The van der Waals surface area contributed by atoms with Gasteiger partial charge >= 0.3 is 0 Å². The van der Waals surface area contributed by atoms with Crippen LogP contribution in [0.4, 0.5) is 17.1 Å². The highest BCUT2D eigenvalue weighted by Gasteiger charge is 2.30. The molecule has 0 bridgehead atoms. The standard InChI is InChI=1S/C37H38N4/c1-4-38-30-15-7-25(8-16-30)23-28-13-21-33-35(27-11-19-32(20-12-27)40-6-3)34-22-14-29(37(34)41-36(28)33)24-26-9-17-31(18-10-26)39-5-2/h4,7-12,15-20,23-24,39-40H,5-6,13-14,21-22H2,1-3H3/b28-23+,29-24+,38-4-. The molecule has 0 unspecified atom stereocenters.